The maximum atomic E-state index is 13.2. The van der Waals surface area contributed by atoms with Crippen LogP contribution >= 0.6 is 82.6 Å². The molecule has 0 unspecified atom stereocenters. The lowest BCUT2D eigenvalue weighted by Crippen LogP contribution is -2.35. The van der Waals surface area contributed by atoms with Crippen LogP contribution in [0.15, 0.2) is 178 Å². The second kappa shape index (κ2) is 36.3. The molecule has 0 aliphatic carbocycles. The van der Waals surface area contributed by atoms with Gasteiger partial charge >= 0.3 is 0 Å². The molecule has 5 heterocycles. The third-order valence-electron chi connectivity index (χ3n) is 16.4. The van der Waals surface area contributed by atoms with E-state index in [1.165, 1.54) is 45.9 Å². The molecule has 2 aliphatic rings. The lowest BCUT2D eigenvalue weighted by Gasteiger charge is -2.29. The summed E-state index contributed by atoms with van der Waals surface area (Å²) in [4.78, 5) is 95.0. The summed E-state index contributed by atoms with van der Waals surface area (Å²) in [5.74, 6) is 1.04. The van der Waals surface area contributed by atoms with Crippen LogP contribution in [0.1, 0.15) is 128 Å². The van der Waals surface area contributed by atoms with Crippen LogP contribution in [0.2, 0.25) is 15.1 Å². The number of hydrogen-bond acceptors (Lipinski definition) is 15. The fourth-order valence-corrected chi connectivity index (χ4v) is 12.4. The van der Waals surface area contributed by atoms with Crippen LogP contribution in [0.4, 0.5) is 17.5 Å². The number of ketones is 3. The van der Waals surface area contributed by atoms with Gasteiger partial charge in [0.25, 0.3) is 17.7 Å². The van der Waals surface area contributed by atoms with Crippen molar-refractivity contribution in [2.45, 2.75) is 51.4 Å². The van der Waals surface area contributed by atoms with E-state index >= 15 is 0 Å². The monoisotopic (exact) mass is 1620 g/mol. The number of methoxy groups -OCH3 is 3. The third kappa shape index (κ3) is 20.5. The molecule has 0 bridgehead atoms. The smallest absolute Gasteiger partial charge is 0.257 e. The van der Waals surface area contributed by atoms with Crippen molar-refractivity contribution in [3.63, 3.8) is 0 Å². The van der Waals surface area contributed by atoms with Gasteiger partial charge in [-0.15, -0.1) is 0 Å². The van der Waals surface area contributed by atoms with E-state index in [4.69, 9.17) is 71.0 Å². The van der Waals surface area contributed by atoms with Crippen molar-refractivity contribution in [2.24, 2.45) is 5.73 Å². The number of nitrogens with zero attached hydrogens (tertiary/aromatic N) is 5. The van der Waals surface area contributed by atoms with Gasteiger partial charge in [0.05, 0.1) is 21.3 Å². The van der Waals surface area contributed by atoms with Crippen LogP contribution in [0.5, 0.6) is 17.2 Å². The predicted octanol–water partition coefficient (Wildman–Crippen LogP) is 16.1. The maximum Gasteiger partial charge on any atom is 0.257 e. The number of pyridine rings is 3. The summed E-state index contributed by atoms with van der Waals surface area (Å²) in [7, 11) is 4.38. The second-order valence-corrected chi connectivity index (χ2v) is 27.3. The van der Waals surface area contributed by atoms with Crippen molar-refractivity contribution in [1.29, 1.82) is 16.2 Å². The minimum Gasteiger partial charge on any atom is -0.496 e. The number of amides is 3. The van der Waals surface area contributed by atoms with Gasteiger partial charge in [-0.05, 0) is 153 Å². The van der Waals surface area contributed by atoms with Crippen LogP contribution in [0, 0.1) is 16.2 Å². The number of amidine groups is 3. The number of halogens is 6. The first-order chi connectivity index (χ1) is 49.0. The highest BCUT2D eigenvalue weighted by molar-refractivity contribution is 9.11. The van der Waals surface area contributed by atoms with Crippen molar-refractivity contribution in [2.75, 3.05) is 63.5 Å². The van der Waals surface area contributed by atoms with Crippen molar-refractivity contribution in [1.82, 2.24) is 24.8 Å². The van der Waals surface area contributed by atoms with Gasteiger partial charge in [0.2, 0.25) is 0 Å². The number of carbonyl (C=O) groups is 6. The first-order valence-corrected chi connectivity index (χ1v) is 35.3. The number of ether oxygens (including phenoxy) is 3. The molecule has 6 aromatic carbocycles. The standard InChI is InChI=1S/C27H26BrClN4O3.C26H24BrClN4O3.C22H18BrClN4O3/c1-36-24-14-20(29)13-22(27(35)32-25-10-9-19(28)16-31-25)21(24)15-23(34)17-5-7-18(8-6-17)26(30)33-11-3-2-4-12-33;1-35-23-13-19(28)12-21(26(34)31-24-9-8-18(27)15-30-24)20(23)14-22(33)16-4-6-17(7-5-16)25(29)32-10-2-3-11-32;1-31-19-9-15(24)8-17(22(30)28-20-7-6-14(23)11-27-20)16(19)10-18(29)12-2-4-13(5-3-12)21(25)26/h5-10,13-14,16,30H,2-4,11-12,15H2,1H3,(H,31,32,35);4-9,12-13,15,29H,2-3,10-11,14H2,1H3,(H,30,31,34);2-9,11H,10H2,1H3,(H3,25,26)(H,27,28,30). The molecule has 0 saturated carbocycles. The number of aromatic nitrogens is 3. The van der Waals surface area contributed by atoms with E-state index in [1.807, 2.05) is 4.90 Å². The normalized spacial score (nSPS) is 12.3. The van der Waals surface area contributed by atoms with Crippen LogP contribution in [-0.2, 0) is 19.3 Å². The zero-order valence-corrected chi connectivity index (χ0v) is 62.4. The summed E-state index contributed by atoms with van der Waals surface area (Å²) < 4.78 is 18.7. The number of anilines is 3. The fourth-order valence-electron chi connectivity index (χ4n) is 11.1. The van der Waals surface area contributed by atoms with E-state index in [0.717, 1.165) is 76.4 Å². The van der Waals surface area contributed by atoms with Gasteiger partial charge in [-0.3, -0.25) is 45.0 Å². The number of nitrogen functional groups attached to an aromatic ring is 1. The van der Waals surface area contributed by atoms with Gasteiger partial charge in [-0.1, -0.05) is 108 Å². The Kier molecular flexibility index (Phi) is 27.2. The molecule has 9 aromatic rings. The van der Waals surface area contributed by atoms with E-state index in [0.29, 0.717) is 100 Å². The number of piperidine rings is 1. The number of benzene rings is 6. The number of likely N-dealkylation sites (tertiary alicyclic amines) is 2. The van der Waals surface area contributed by atoms with E-state index in [1.54, 1.807) is 146 Å². The minimum absolute atomic E-state index is 0.0558. The fraction of sp³-hybridized carbons (Fsp3) is 0.200. The van der Waals surface area contributed by atoms with Gasteiger partial charge in [-0.2, -0.15) is 0 Å². The Labute approximate surface area is 629 Å². The topological polar surface area (TPSA) is 309 Å². The Balaban J connectivity index is 0.000000179. The molecule has 8 N–H and O–H groups in total. The maximum absolute atomic E-state index is 13.2. The number of nitrogens with one attached hydrogen (secondary N) is 6. The second-order valence-electron chi connectivity index (χ2n) is 23.2. The molecule has 27 heteroatoms. The van der Waals surface area contributed by atoms with Crippen LogP contribution in [-0.4, -0.2) is 125 Å². The summed E-state index contributed by atoms with van der Waals surface area (Å²) in [5, 5.41) is 33.5. The van der Waals surface area contributed by atoms with Crippen molar-refractivity contribution < 1.29 is 43.0 Å². The Morgan fingerprint density at radius 2 is 0.676 bits per heavy atom. The lowest BCUT2D eigenvalue weighted by molar-refractivity contribution is 0.0979. The summed E-state index contributed by atoms with van der Waals surface area (Å²) in [6, 6.07) is 39.9. The number of rotatable bonds is 21. The molecule has 11 rings (SSSR count). The van der Waals surface area contributed by atoms with Gasteiger partial charge in [0.15, 0.2) is 17.3 Å². The zero-order chi connectivity index (χ0) is 73.1. The first-order valence-electron chi connectivity index (χ1n) is 31.8. The first kappa shape index (κ1) is 76.5. The van der Waals surface area contributed by atoms with Crippen molar-refractivity contribution in [3.8, 4) is 17.2 Å². The molecule has 2 fully saturated rings. The van der Waals surface area contributed by atoms with Gasteiger partial charge in [-0.25, -0.2) is 15.0 Å². The molecule has 0 radical (unpaired) electrons. The molecule has 0 atom stereocenters. The van der Waals surface area contributed by atoms with Crippen molar-refractivity contribution in [3.05, 3.63) is 259 Å². The summed E-state index contributed by atoms with van der Waals surface area (Å²) in [5.41, 5.74) is 10.9. The van der Waals surface area contributed by atoms with E-state index in [2.05, 4.69) is 83.6 Å². The molecule has 21 nitrogen and oxygen atoms in total. The number of Topliss-reactive ketones (excluding diaryl/α,β-unsaturated/α-hetero) is 3. The molecule has 524 valence electrons. The highest BCUT2D eigenvalue weighted by Crippen LogP contribution is 2.34. The Hall–Kier alpha value is -9.69. The minimum atomic E-state index is -0.467. The Bertz CT molecular complexity index is 4600. The quantitative estimate of drug-likeness (QED) is 0.0200. The molecule has 0 spiro atoms. The molecular formula is C75H68Br3Cl3N12O9. The molecule has 2 aliphatic heterocycles. The van der Waals surface area contributed by atoms with Crippen LogP contribution in [0.3, 0.4) is 0 Å². The summed E-state index contributed by atoms with van der Waals surface area (Å²) in [6.07, 6.45) is 10.1. The zero-order valence-electron chi connectivity index (χ0n) is 55.3. The van der Waals surface area contributed by atoms with E-state index in [-0.39, 0.29) is 59.1 Å². The highest BCUT2D eigenvalue weighted by Gasteiger charge is 2.26. The Morgan fingerprint density at radius 3 is 0.931 bits per heavy atom. The number of nitrogens with two attached hydrogens (primary N) is 1. The molecule has 3 aromatic heterocycles. The van der Waals surface area contributed by atoms with E-state index in [9.17, 15) is 28.8 Å². The van der Waals surface area contributed by atoms with Crippen LogP contribution < -0.4 is 35.9 Å². The molecular weight excluding hydrogens is 1560 g/mol. The molecule has 2 saturated heterocycles. The average molecular weight is 1630 g/mol. The van der Waals surface area contributed by atoms with Gasteiger partial charge < -0.3 is 45.7 Å². The van der Waals surface area contributed by atoms with E-state index < -0.39 is 17.7 Å². The Morgan fingerprint density at radius 1 is 0.412 bits per heavy atom. The molecule has 3 amide bonds. The highest BCUT2D eigenvalue weighted by atomic mass is 79.9. The number of carbonyl (C=O) groups excluding carboxylic acids is 6. The predicted molar refractivity (Wildman–Crippen MR) is 408 cm³/mol. The van der Waals surface area contributed by atoms with Gasteiger partial charge in [0.1, 0.15) is 52.2 Å². The largest absolute Gasteiger partial charge is 0.496 e. The third-order valence-corrected chi connectivity index (χ3v) is 18.5. The molecule has 102 heavy (non-hydrogen) atoms. The summed E-state index contributed by atoms with van der Waals surface area (Å²) in [6.45, 7) is 3.54. The number of hydrogen-bond donors (Lipinski definition) is 7. The van der Waals surface area contributed by atoms with Crippen LogP contribution in [0.25, 0.3) is 0 Å². The summed E-state index contributed by atoms with van der Waals surface area (Å²) >= 11 is 28.6. The van der Waals surface area contributed by atoms with Crippen molar-refractivity contribution >= 4 is 153 Å². The average Bonchev–Trinajstić information content (AvgIpc) is 1.07. The van der Waals surface area contributed by atoms with Gasteiger partial charge in [0, 0.05) is 159 Å². The SMILES string of the molecule is COc1cc(Cl)cc(C(=O)Nc2ccc(Br)cn2)c1CC(=O)c1ccc(C(=N)N)cc1.COc1cc(Cl)cc(C(=O)Nc2ccc(Br)cn2)c1CC(=O)c1ccc(C(=N)N2CCCC2)cc1.COc1cc(Cl)cc(C(=O)Nc2ccc(Br)cn2)c1CC(=O)c1ccc(C(=N)N2CCCCC2)cc1. The lowest BCUT2D eigenvalue weighted by atomic mass is 9.96.